The second-order valence-corrected chi connectivity index (χ2v) is 8.21. The van der Waals surface area contributed by atoms with Gasteiger partial charge in [0.2, 0.25) is 0 Å². The van der Waals surface area contributed by atoms with Crippen molar-refractivity contribution in [2.75, 3.05) is 24.2 Å². The van der Waals surface area contributed by atoms with Gasteiger partial charge in [-0.25, -0.2) is 14.6 Å². The first kappa shape index (κ1) is 23.0. The fraction of sp³-hybridized carbons (Fsp3) is 0.280. The first-order chi connectivity index (χ1) is 16.4. The summed E-state index contributed by atoms with van der Waals surface area (Å²) in [5.74, 6) is 12.4. The molecule has 3 heterocycles. The third-order valence-electron chi connectivity index (χ3n) is 5.87. The molecule has 0 aliphatic carbocycles. The number of hydrogen-bond donors (Lipinski definition) is 3. The van der Waals surface area contributed by atoms with Crippen LogP contribution in [0.1, 0.15) is 58.0 Å². The quantitative estimate of drug-likeness (QED) is 0.385. The number of nitrogens with two attached hydrogens (primary N) is 2. The summed E-state index contributed by atoms with van der Waals surface area (Å²) >= 11 is 0. The number of anilines is 1. The topological polar surface area (TPSA) is 132 Å². The zero-order valence-electron chi connectivity index (χ0n) is 19.2. The maximum atomic E-state index is 12.6. The summed E-state index contributed by atoms with van der Waals surface area (Å²) < 4.78 is 1.30. The maximum absolute atomic E-state index is 12.6. The summed E-state index contributed by atoms with van der Waals surface area (Å²) in [7, 11) is 0. The van der Waals surface area contributed by atoms with E-state index in [4.69, 9.17) is 16.6 Å². The summed E-state index contributed by atoms with van der Waals surface area (Å²) in [4.78, 5) is 36.0. The lowest BCUT2D eigenvalue weighted by Gasteiger charge is -2.21. The van der Waals surface area contributed by atoms with Crippen molar-refractivity contribution in [3.05, 3.63) is 65.2 Å². The van der Waals surface area contributed by atoms with Crippen LogP contribution in [-0.2, 0) is 0 Å². The van der Waals surface area contributed by atoms with Crippen molar-refractivity contribution in [3.8, 4) is 23.1 Å². The molecule has 1 aliphatic heterocycles. The van der Waals surface area contributed by atoms with Crippen molar-refractivity contribution in [1.29, 1.82) is 0 Å². The molecule has 1 saturated heterocycles. The molecule has 0 radical (unpaired) electrons. The molecule has 174 valence electrons. The first-order valence-corrected chi connectivity index (χ1v) is 11.0. The van der Waals surface area contributed by atoms with Gasteiger partial charge in [-0.05, 0) is 57.0 Å². The fourth-order valence-electron chi connectivity index (χ4n) is 4.12. The molecule has 0 saturated carbocycles. The number of nitrogen functional groups attached to an aromatic ring is 1. The Bertz CT molecular complexity index is 1270. The van der Waals surface area contributed by atoms with Crippen LogP contribution in [0, 0.1) is 18.8 Å². The molecule has 3 aromatic rings. The van der Waals surface area contributed by atoms with Gasteiger partial charge in [-0.1, -0.05) is 24.1 Å². The number of hydrogen-bond acceptors (Lipinski definition) is 6. The number of benzene rings is 1. The number of rotatable bonds is 6. The number of carbonyl (C=O) groups is 2. The van der Waals surface area contributed by atoms with Crippen LogP contribution in [0.2, 0.25) is 0 Å². The number of aromatic nitrogens is 3. The SMILES string of the molecule is CC#CCN1CCCC1c1nc(-c2ccc(C(=O)Nc3ccc(C)cn3)cc2)c(C(N)=O)n1N. The predicted molar refractivity (Wildman–Crippen MR) is 130 cm³/mol. The molecule has 9 heteroatoms. The number of aryl methyl sites for hydroxylation is 1. The van der Waals surface area contributed by atoms with E-state index < -0.39 is 5.91 Å². The molecule has 1 aromatic carbocycles. The molecule has 5 N–H and O–H groups in total. The van der Waals surface area contributed by atoms with Crippen molar-refractivity contribution in [2.24, 2.45) is 5.73 Å². The van der Waals surface area contributed by atoms with Crippen LogP contribution in [0.5, 0.6) is 0 Å². The zero-order chi connectivity index (χ0) is 24.2. The number of nitrogens with zero attached hydrogens (tertiary/aromatic N) is 4. The Kier molecular flexibility index (Phi) is 6.61. The normalized spacial score (nSPS) is 15.5. The largest absolute Gasteiger partial charge is 0.364 e. The smallest absolute Gasteiger partial charge is 0.269 e. The fourth-order valence-corrected chi connectivity index (χ4v) is 4.12. The Morgan fingerprint density at radius 1 is 1.21 bits per heavy atom. The highest BCUT2D eigenvalue weighted by molar-refractivity contribution is 6.04. The highest BCUT2D eigenvalue weighted by atomic mass is 16.2. The van der Waals surface area contributed by atoms with Gasteiger partial charge >= 0.3 is 0 Å². The molecule has 0 bridgehead atoms. The summed E-state index contributed by atoms with van der Waals surface area (Å²) in [5, 5.41) is 2.77. The molecular formula is C25H27N7O2. The minimum Gasteiger partial charge on any atom is -0.364 e. The highest BCUT2D eigenvalue weighted by Gasteiger charge is 2.32. The molecule has 2 amide bonds. The monoisotopic (exact) mass is 457 g/mol. The van der Waals surface area contributed by atoms with Gasteiger partial charge in [0.25, 0.3) is 11.8 Å². The summed E-state index contributed by atoms with van der Waals surface area (Å²) in [6.45, 7) is 5.22. The van der Waals surface area contributed by atoms with Gasteiger partial charge in [-0.15, -0.1) is 5.92 Å². The third-order valence-corrected chi connectivity index (χ3v) is 5.87. The number of primary amides is 1. The lowest BCUT2D eigenvalue weighted by molar-refractivity contribution is 0.0991. The van der Waals surface area contributed by atoms with Crippen LogP contribution in [0.3, 0.4) is 0 Å². The van der Waals surface area contributed by atoms with Crippen molar-refractivity contribution >= 4 is 17.6 Å². The van der Waals surface area contributed by atoms with Gasteiger partial charge in [0.05, 0.1) is 12.6 Å². The average molecular weight is 458 g/mol. The molecule has 34 heavy (non-hydrogen) atoms. The van der Waals surface area contributed by atoms with Crippen molar-refractivity contribution in [2.45, 2.75) is 32.7 Å². The van der Waals surface area contributed by atoms with Crippen LogP contribution in [0.4, 0.5) is 5.82 Å². The van der Waals surface area contributed by atoms with E-state index in [1.54, 1.807) is 43.5 Å². The second-order valence-electron chi connectivity index (χ2n) is 8.21. The Hall–Kier alpha value is -4.16. The highest BCUT2D eigenvalue weighted by Crippen LogP contribution is 2.33. The number of imidazole rings is 1. The minimum atomic E-state index is -0.665. The van der Waals surface area contributed by atoms with E-state index >= 15 is 0 Å². The number of nitrogens with one attached hydrogen (secondary N) is 1. The number of carbonyl (C=O) groups excluding carboxylic acids is 2. The number of likely N-dealkylation sites (tertiary alicyclic amines) is 1. The van der Waals surface area contributed by atoms with Crippen LogP contribution >= 0.6 is 0 Å². The van der Waals surface area contributed by atoms with Gasteiger partial charge in [0.15, 0.2) is 5.69 Å². The molecule has 1 atom stereocenters. The Balaban J connectivity index is 1.61. The maximum Gasteiger partial charge on any atom is 0.269 e. The Morgan fingerprint density at radius 3 is 2.62 bits per heavy atom. The zero-order valence-corrected chi connectivity index (χ0v) is 19.2. The minimum absolute atomic E-state index is 0.0511. The third kappa shape index (κ3) is 4.63. The van der Waals surface area contributed by atoms with Gasteiger partial charge in [0.1, 0.15) is 17.3 Å². The van der Waals surface area contributed by atoms with Crippen LogP contribution in [0.15, 0.2) is 42.6 Å². The number of amides is 2. The van der Waals surface area contributed by atoms with Gasteiger partial charge < -0.3 is 16.9 Å². The standard InChI is InChI=1S/C25H27N7O2/c1-3-4-13-31-14-5-6-19(31)24-30-21(22(23(26)33)32(24)27)17-8-10-18(11-9-17)25(34)29-20-12-7-16(2)15-28-20/h7-12,15,19H,5-6,13-14,27H2,1-2H3,(H2,26,33)(H,28,29,34). The van der Waals surface area contributed by atoms with E-state index in [-0.39, 0.29) is 17.6 Å². The van der Waals surface area contributed by atoms with Crippen molar-refractivity contribution in [3.63, 3.8) is 0 Å². The van der Waals surface area contributed by atoms with Gasteiger partial charge in [0, 0.05) is 17.3 Å². The van der Waals surface area contributed by atoms with Crippen LogP contribution < -0.4 is 16.9 Å². The second kappa shape index (κ2) is 9.77. The van der Waals surface area contributed by atoms with Crippen LogP contribution in [0.25, 0.3) is 11.3 Å². The molecule has 1 unspecified atom stereocenters. The Morgan fingerprint density at radius 2 is 1.97 bits per heavy atom. The van der Waals surface area contributed by atoms with Gasteiger partial charge in [-0.2, -0.15) is 0 Å². The summed E-state index contributed by atoms with van der Waals surface area (Å²) in [6, 6.07) is 10.3. The predicted octanol–water partition coefficient (Wildman–Crippen LogP) is 2.48. The van der Waals surface area contributed by atoms with Crippen molar-refractivity contribution in [1.82, 2.24) is 19.5 Å². The molecule has 1 aliphatic rings. The molecule has 2 aromatic heterocycles. The van der Waals surface area contributed by atoms with E-state index in [0.29, 0.717) is 35.0 Å². The number of pyridine rings is 1. The van der Waals surface area contributed by atoms with E-state index in [0.717, 1.165) is 24.9 Å². The van der Waals surface area contributed by atoms with E-state index in [2.05, 4.69) is 27.0 Å². The van der Waals surface area contributed by atoms with Crippen LogP contribution in [-0.4, -0.2) is 44.4 Å². The van der Waals surface area contributed by atoms with E-state index in [1.807, 2.05) is 13.0 Å². The lowest BCUT2D eigenvalue weighted by Crippen LogP contribution is -2.30. The lowest BCUT2D eigenvalue weighted by atomic mass is 10.1. The average Bonchev–Trinajstić information content (AvgIpc) is 3.43. The molecular weight excluding hydrogens is 430 g/mol. The summed E-state index contributed by atoms with van der Waals surface area (Å²) in [5.41, 5.74) is 8.28. The first-order valence-electron chi connectivity index (χ1n) is 11.0. The van der Waals surface area contributed by atoms with Gasteiger partial charge in [-0.3, -0.25) is 14.5 Å². The van der Waals surface area contributed by atoms with Crippen molar-refractivity contribution < 1.29 is 9.59 Å². The molecule has 4 rings (SSSR count). The molecule has 0 spiro atoms. The Labute approximate surface area is 198 Å². The van der Waals surface area contributed by atoms with E-state index in [9.17, 15) is 9.59 Å². The summed E-state index contributed by atoms with van der Waals surface area (Å²) in [6.07, 6.45) is 3.54. The molecule has 1 fully saturated rings. The van der Waals surface area contributed by atoms with E-state index in [1.165, 1.54) is 4.68 Å². The molecule has 9 nitrogen and oxygen atoms in total.